The lowest BCUT2D eigenvalue weighted by atomic mass is 10.2. The fraction of sp³-hybridized carbons (Fsp3) is 0.474. The van der Waals surface area contributed by atoms with Crippen LogP contribution in [0, 0.1) is 12.8 Å². The Labute approximate surface area is 173 Å². The van der Waals surface area contributed by atoms with Gasteiger partial charge in [0.25, 0.3) is 5.91 Å². The van der Waals surface area contributed by atoms with Crippen LogP contribution in [-0.4, -0.2) is 41.5 Å². The molecule has 9 heteroatoms. The highest BCUT2D eigenvalue weighted by Gasteiger charge is 2.29. The molecule has 7 nitrogen and oxygen atoms in total. The molecule has 1 amide bonds. The van der Waals surface area contributed by atoms with Crippen LogP contribution in [0.5, 0.6) is 0 Å². The lowest BCUT2D eigenvalue weighted by molar-refractivity contribution is 0.102. The molecule has 0 unspecified atom stereocenters. The van der Waals surface area contributed by atoms with Gasteiger partial charge in [-0.1, -0.05) is 0 Å². The Hall–Kier alpha value is -1.71. The fourth-order valence-corrected chi connectivity index (χ4v) is 5.39. The van der Waals surface area contributed by atoms with Crippen LogP contribution in [0.4, 0.5) is 5.82 Å². The first-order chi connectivity index (χ1) is 13.4. The normalized spacial score (nSPS) is 17.8. The molecule has 4 rings (SSSR count). The highest BCUT2D eigenvalue weighted by atomic mass is 79.9. The van der Waals surface area contributed by atoms with Crippen molar-refractivity contribution in [2.75, 3.05) is 18.4 Å². The fourth-order valence-electron chi connectivity index (χ4n) is 3.42. The number of nitrogens with one attached hydrogen (secondary N) is 1. The molecule has 1 aromatic carbocycles. The molecule has 150 valence electrons. The monoisotopic (exact) mass is 466 g/mol. The molecule has 1 N–H and O–H groups in total. The molecule has 1 aromatic heterocycles. The van der Waals surface area contributed by atoms with Gasteiger partial charge in [0.05, 0.1) is 16.7 Å². The molecule has 0 spiro atoms. The highest BCUT2D eigenvalue weighted by molar-refractivity contribution is 9.10. The van der Waals surface area contributed by atoms with E-state index in [4.69, 9.17) is 0 Å². The van der Waals surface area contributed by atoms with Crippen molar-refractivity contribution in [2.45, 2.75) is 44.0 Å². The Morgan fingerprint density at radius 3 is 2.68 bits per heavy atom. The Morgan fingerprint density at radius 2 is 2.00 bits per heavy atom. The first-order valence-electron chi connectivity index (χ1n) is 9.50. The zero-order chi connectivity index (χ0) is 19.9. The van der Waals surface area contributed by atoms with Crippen LogP contribution in [0.25, 0.3) is 0 Å². The molecule has 2 fully saturated rings. The second-order valence-corrected chi connectivity index (χ2v) is 10.3. The quantitative estimate of drug-likeness (QED) is 0.706. The molecular weight excluding hydrogens is 444 g/mol. The SMILES string of the molecule is Cc1cnn(CC2CC2)c1NC(=O)c1cc(S(=O)(=O)N2CCCC2)ccc1Br. The minimum atomic E-state index is -3.58. The number of halogens is 1. The van der Waals surface area contributed by atoms with Crippen molar-refractivity contribution in [2.24, 2.45) is 5.92 Å². The average Bonchev–Trinajstić information content (AvgIpc) is 3.16. The lowest BCUT2D eigenvalue weighted by Gasteiger charge is -2.17. The average molecular weight is 467 g/mol. The summed E-state index contributed by atoms with van der Waals surface area (Å²) in [5.74, 6) is 0.929. The van der Waals surface area contributed by atoms with Crippen molar-refractivity contribution < 1.29 is 13.2 Å². The molecule has 0 atom stereocenters. The number of carbonyl (C=O) groups excluding carboxylic acids is 1. The topological polar surface area (TPSA) is 84.3 Å². The van der Waals surface area contributed by atoms with Crippen LogP contribution in [-0.2, 0) is 16.6 Å². The van der Waals surface area contributed by atoms with Crippen molar-refractivity contribution >= 4 is 37.7 Å². The number of hydrogen-bond donors (Lipinski definition) is 1. The molecule has 2 aromatic rings. The van der Waals surface area contributed by atoms with Gasteiger partial charge in [-0.05, 0) is 72.7 Å². The van der Waals surface area contributed by atoms with E-state index in [-0.39, 0.29) is 10.8 Å². The van der Waals surface area contributed by atoms with E-state index in [0.29, 0.717) is 34.9 Å². The van der Waals surface area contributed by atoms with Crippen molar-refractivity contribution in [3.63, 3.8) is 0 Å². The number of benzene rings is 1. The lowest BCUT2D eigenvalue weighted by Crippen LogP contribution is -2.28. The van der Waals surface area contributed by atoms with Crippen LogP contribution >= 0.6 is 15.9 Å². The van der Waals surface area contributed by atoms with Gasteiger partial charge in [-0.15, -0.1) is 0 Å². The predicted molar refractivity (Wildman–Crippen MR) is 110 cm³/mol. The summed E-state index contributed by atoms with van der Waals surface area (Å²) in [6.45, 7) is 3.74. The summed E-state index contributed by atoms with van der Waals surface area (Å²) >= 11 is 3.38. The van der Waals surface area contributed by atoms with E-state index >= 15 is 0 Å². The van der Waals surface area contributed by atoms with Crippen LogP contribution in [0.2, 0.25) is 0 Å². The molecule has 1 saturated heterocycles. The molecule has 0 radical (unpaired) electrons. The van der Waals surface area contributed by atoms with E-state index in [9.17, 15) is 13.2 Å². The predicted octanol–water partition coefficient (Wildman–Crippen LogP) is 3.40. The van der Waals surface area contributed by atoms with Gasteiger partial charge in [0.15, 0.2) is 0 Å². The molecule has 28 heavy (non-hydrogen) atoms. The van der Waals surface area contributed by atoms with Crippen LogP contribution in [0.1, 0.15) is 41.6 Å². The maximum Gasteiger partial charge on any atom is 0.258 e. The summed E-state index contributed by atoms with van der Waals surface area (Å²) in [5, 5.41) is 7.28. The van der Waals surface area contributed by atoms with Gasteiger partial charge in [0, 0.05) is 29.7 Å². The van der Waals surface area contributed by atoms with E-state index in [1.807, 2.05) is 11.6 Å². The van der Waals surface area contributed by atoms with Gasteiger partial charge in [-0.3, -0.25) is 4.79 Å². The Morgan fingerprint density at radius 1 is 1.29 bits per heavy atom. The number of hydrogen-bond acceptors (Lipinski definition) is 4. The number of rotatable bonds is 6. The third-order valence-electron chi connectivity index (χ3n) is 5.27. The van der Waals surface area contributed by atoms with Gasteiger partial charge in [-0.2, -0.15) is 9.40 Å². The van der Waals surface area contributed by atoms with Crippen molar-refractivity contribution in [3.05, 3.63) is 40.0 Å². The molecule has 2 aliphatic rings. The van der Waals surface area contributed by atoms with Gasteiger partial charge >= 0.3 is 0 Å². The zero-order valence-electron chi connectivity index (χ0n) is 15.7. The summed E-state index contributed by atoms with van der Waals surface area (Å²) in [6.07, 6.45) is 5.85. The second kappa shape index (κ2) is 7.61. The van der Waals surface area contributed by atoms with Crippen LogP contribution in [0.3, 0.4) is 0 Å². The molecule has 1 saturated carbocycles. The molecule has 1 aliphatic heterocycles. The third-order valence-corrected chi connectivity index (χ3v) is 7.85. The van der Waals surface area contributed by atoms with Gasteiger partial charge in [-0.25, -0.2) is 13.1 Å². The molecular formula is C19H23BrN4O3S. The summed E-state index contributed by atoms with van der Waals surface area (Å²) < 4.78 is 29.5. The standard InChI is InChI=1S/C19H23BrN4O3S/c1-13-11-21-24(12-14-4-5-14)18(13)22-19(25)16-10-15(6-7-17(16)20)28(26,27)23-8-2-3-9-23/h6-7,10-11,14H,2-5,8-9,12H2,1H3,(H,22,25). The number of nitrogens with zero attached hydrogens (tertiary/aromatic N) is 3. The van der Waals surface area contributed by atoms with E-state index in [1.165, 1.54) is 29.3 Å². The smallest absolute Gasteiger partial charge is 0.258 e. The summed E-state index contributed by atoms with van der Waals surface area (Å²) in [6, 6.07) is 4.60. The van der Waals surface area contributed by atoms with Gasteiger partial charge < -0.3 is 5.32 Å². The van der Waals surface area contributed by atoms with Gasteiger partial charge in [0.2, 0.25) is 10.0 Å². The number of anilines is 1. The number of aryl methyl sites for hydroxylation is 1. The van der Waals surface area contributed by atoms with E-state index in [0.717, 1.165) is 24.9 Å². The number of sulfonamides is 1. The maximum absolute atomic E-state index is 12.9. The van der Waals surface area contributed by atoms with E-state index in [1.54, 1.807) is 12.3 Å². The first kappa shape index (κ1) is 19.6. The first-order valence-corrected chi connectivity index (χ1v) is 11.7. The minimum absolute atomic E-state index is 0.144. The zero-order valence-corrected chi connectivity index (χ0v) is 18.1. The highest BCUT2D eigenvalue weighted by Crippen LogP contribution is 2.32. The van der Waals surface area contributed by atoms with E-state index in [2.05, 4.69) is 26.3 Å². The van der Waals surface area contributed by atoms with Gasteiger partial charge in [0.1, 0.15) is 5.82 Å². The number of amides is 1. The molecule has 1 aliphatic carbocycles. The minimum Gasteiger partial charge on any atom is -0.307 e. The van der Waals surface area contributed by atoms with Crippen molar-refractivity contribution in [1.82, 2.24) is 14.1 Å². The summed E-state index contributed by atoms with van der Waals surface area (Å²) in [5.41, 5.74) is 1.17. The number of carbonyl (C=O) groups is 1. The summed E-state index contributed by atoms with van der Waals surface area (Å²) in [7, 11) is -3.58. The Kier molecular flexibility index (Phi) is 5.32. The second-order valence-electron chi connectivity index (χ2n) is 7.51. The number of aromatic nitrogens is 2. The van der Waals surface area contributed by atoms with E-state index < -0.39 is 10.0 Å². The largest absolute Gasteiger partial charge is 0.307 e. The van der Waals surface area contributed by atoms with Crippen molar-refractivity contribution in [1.29, 1.82) is 0 Å². The Balaban J connectivity index is 1.60. The Bertz CT molecular complexity index is 1010. The molecule has 0 bridgehead atoms. The van der Waals surface area contributed by atoms with Crippen LogP contribution in [0.15, 0.2) is 33.8 Å². The maximum atomic E-state index is 12.9. The molecule has 2 heterocycles. The summed E-state index contributed by atoms with van der Waals surface area (Å²) in [4.78, 5) is 13.1. The van der Waals surface area contributed by atoms with Crippen molar-refractivity contribution in [3.8, 4) is 0 Å². The van der Waals surface area contributed by atoms with Crippen LogP contribution < -0.4 is 5.32 Å². The third kappa shape index (κ3) is 3.88.